The number of methoxy groups -OCH3 is 2. The van der Waals surface area contributed by atoms with Crippen molar-refractivity contribution >= 4 is 41.8 Å². The highest BCUT2D eigenvalue weighted by atomic mass is 127. The largest absolute Gasteiger partial charge is 0.497 e. The van der Waals surface area contributed by atoms with Crippen LogP contribution in [0.25, 0.3) is 0 Å². The third-order valence-electron chi connectivity index (χ3n) is 6.67. The lowest BCUT2D eigenvalue weighted by Crippen LogP contribution is -2.43. The number of nitrogens with zero attached hydrogens (tertiary/aromatic N) is 2. The molecule has 9 heteroatoms. The van der Waals surface area contributed by atoms with Crippen LogP contribution >= 0.6 is 24.0 Å². The topological polar surface area (TPSA) is 92.3 Å². The van der Waals surface area contributed by atoms with Crippen molar-refractivity contribution in [1.29, 1.82) is 0 Å². The molecule has 4 unspecified atom stereocenters. The number of benzene rings is 1. The highest BCUT2D eigenvalue weighted by Crippen LogP contribution is 2.52. The van der Waals surface area contributed by atoms with Gasteiger partial charge in [0.25, 0.3) is 0 Å². The summed E-state index contributed by atoms with van der Waals surface area (Å²) in [6.45, 7) is 4.10. The van der Waals surface area contributed by atoms with Crippen molar-refractivity contribution in [3.8, 4) is 11.5 Å². The van der Waals surface area contributed by atoms with Crippen LogP contribution in [0.3, 0.4) is 0 Å². The zero-order valence-corrected chi connectivity index (χ0v) is 21.7. The lowest BCUT2D eigenvalue weighted by atomic mass is 9.85. The van der Waals surface area contributed by atoms with Crippen molar-refractivity contribution in [2.24, 2.45) is 28.7 Å². The normalized spacial score (nSPS) is 25.2. The highest BCUT2D eigenvalue weighted by molar-refractivity contribution is 14.0. The molecule has 3 aliphatic rings. The Balaban J connectivity index is 0.00000306. The molecule has 8 nitrogen and oxygen atoms in total. The van der Waals surface area contributed by atoms with E-state index in [1.807, 2.05) is 25.1 Å². The van der Waals surface area contributed by atoms with Crippen molar-refractivity contribution in [1.82, 2.24) is 15.5 Å². The molecule has 2 N–H and O–H groups in total. The second-order valence-corrected chi connectivity index (χ2v) is 8.44. The van der Waals surface area contributed by atoms with Crippen molar-refractivity contribution in [2.45, 2.75) is 19.8 Å². The molecular weight excluding hydrogens is 535 g/mol. The summed E-state index contributed by atoms with van der Waals surface area (Å²) < 4.78 is 10.7. The zero-order chi connectivity index (χ0) is 22.7. The van der Waals surface area contributed by atoms with Gasteiger partial charge in [0.05, 0.1) is 26.1 Å². The van der Waals surface area contributed by atoms with Gasteiger partial charge >= 0.3 is 0 Å². The molecule has 2 aliphatic carbocycles. The first-order valence-electron chi connectivity index (χ1n) is 11.3. The molecular formula is C24H33IN4O4. The number of hydrogen-bond acceptors (Lipinski definition) is 5. The first-order valence-corrected chi connectivity index (χ1v) is 11.3. The van der Waals surface area contributed by atoms with E-state index in [1.165, 1.54) is 4.90 Å². The zero-order valence-electron chi connectivity index (χ0n) is 19.4. The Morgan fingerprint density at radius 3 is 2.39 bits per heavy atom. The summed E-state index contributed by atoms with van der Waals surface area (Å²) in [6, 6.07) is 5.72. The summed E-state index contributed by atoms with van der Waals surface area (Å²) in [5.41, 5.74) is 1.02. The van der Waals surface area contributed by atoms with Crippen LogP contribution in [0.5, 0.6) is 11.5 Å². The van der Waals surface area contributed by atoms with E-state index in [4.69, 9.17) is 9.47 Å². The van der Waals surface area contributed by atoms with Crippen LogP contribution in [-0.4, -0.2) is 63.1 Å². The minimum absolute atomic E-state index is 0. The molecule has 1 aromatic rings. The van der Waals surface area contributed by atoms with Gasteiger partial charge in [0, 0.05) is 26.2 Å². The average Bonchev–Trinajstić information content (AvgIpc) is 3.48. The summed E-state index contributed by atoms with van der Waals surface area (Å²) in [4.78, 5) is 31.7. The van der Waals surface area contributed by atoms with Crippen LogP contribution < -0.4 is 20.1 Å². The first kappa shape index (κ1) is 25.3. The number of amides is 2. The maximum absolute atomic E-state index is 12.8. The molecule has 1 saturated heterocycles. The quantitative estimate of drug-likeness (QED) is 0.156. The van der Waals surface area contributed by atoms with Crippen LogP contribution in [0, 0.1) is 23.7 Å². The van der Waals surface area contributed by atoms with Crippen LogP contribution in [-0.2, 0) is 16.0 Å². The maximum Gasteiger partial charge on any atom is 0.233 e. The van der Waals surface area contributed by atoms with E-state index < -0.39 is 0 Å². The Morgan fingerprint density at radius 1 is 1.09 bits per heavy atom. The van der Waals surface area contributed by atoms with Crippen LogP contribution in [0.1, 0.15) is 18.9 Å². The number of aliphatic imine (C=N–C) groups is 1. The smallest absolute Gasteiger partial charge is 0.233 e. The standard InChI is InChI=1S/C24H32N4O4.HI/c1-4-25-24(26-10-9-15-14-18(31-2)7-8-19(15)32-3)27-11-12-28-22(29)20-16-5-6-17(13-16)21(20)23(28)30;/h5-8,14,16-17,20-21H,4,9-13H2,1-3H3,(H2,25,26,27);1H. The SMILES string of the molecule is CCNC(=NCCc1cc(OC)ccc1OC)NCCN1C(=O)C2C3C=CC(C3)C2C1=O.I. The number of imide groups is 1. The predicted octanol–water partition coefficient (Wildman–Crippen LogP) is 2.23. The number of likely N-dealkylation sites (tertiary alicyclic amines) is 1. The number of ether oxygens (including phenoxy) is 2. The van der Waals surface area contributed by atoms with Crippen molar-refractivity contribution in [3.63, 3.8) is 0 Å². The fourth-order valence-electron chi connectivity index (χ4n) is 5.18. The van der Waals surface area contributed by atoms with E-state index >= 15 is 0 Å². The maximum atomic E-state index is 12.8. The first-order chi connectivity index (χ1) is 15.6. The third-order valence-corrected chi connectivity index (χ3v) is 6.67. The molecule has 2 amide bonds. The molecule has 4 rings (SSSR count). The third kappa shape index (κ3) is 5.12. The van der Waals surface area contributed by atoms with E-state index in [0.29, 0.717) is 32.0 Å². The Bertz CT molecular complexity index is 905. The molecule has 1 saturated carbocycles. The van der Waals surface area contributed by atoms with Crippen molar-refractivity contribution in [3.05, 3.63) is 35.9 Å². The van der Waals surface area contributed by atoms with Crippen molar-refractivity contribution in [2.75, 3.05) is 40.4 Å². The number of carbonyl (C=O) groups is 2. The van der Waals surface area contributed by atoms with Gasteiger partial charge in [-0.15, -0.1) is 24.0 Å². The van der Waals surface area contributed by atoms with E-state index in [-0.39, 0.29) is 59.5 Å². The van der Waals surface area contributed by atoms with E-state index in [9.17, 15) is 9.59 Å². The van der Waals surface area contributed by atoms with Gasteiger partial charge in [0.15, 0.2) is 5.96 Å². The number of rotatable bonds is 9. The second-order valence-electron chi connectivity index (χ2n) is 8.44. The molecule has 180 valence electrons. The summed E-state index contributed by atoms with van der Waals surface area (Å²) >= 11 is 0. The molecule has 1 aliphatic heterocycles. The van der Waals surface area contributed by atoms with E-state index in [0.717, 1.165) is 30.0 Å². The molecule has 0 spiro atoms. The van der Waals surface area contributed by atoms with Gasteiger partial charge in [-0.3, -0.25) is 19.5 Å². The minimum Gasteiger partial charge on any atom is -0.497 e. The average molecular weight is 568 g/mol. The van der Waals surface area contributed by atoms with Gasteiger partial charge in [-0.05, 0) is 55.4 Å². The van der Waals surface area contributed by atoms with Crippen LogP contribution in [0.4, 0.5) is 0 Å². The number of fused-ring (bicyclic) bond motifs is 5. The summed E-state index contributed by atoms with van der Waals surface area (Å²) in [7, 11) is 3.29. The molecule has 33 heavy (non-hydrogen) atoms. The molecule has 4 atom stereocenters. The molecule has 1 aromatic carbocycles. The second kappa shape index (κ2) is 11.2. The van der Waals surface area contributed by atoms with Gasteiger partial charge in [0.1, 0.15) is 11.5 Å². The lowest BCUT2D eigenvalue weighted by molar-refractivity contribution is -0.140. The minimum atomic E-state index is -0.141. The van der Waals surface area contributed by atoms with Gasteiger partial charge in [-0.2, -0.15) is 0 Å². The fourth-order valence-corrected chi connectivity index (χ4v) is 5.18. The molecule has 2 bridgehead atoms. The molecule has 0 radical (unpaired) electrons. The summed E-state index contributed by atoms with van der Waals surface area (Å²) in [6.07, 6.45) is 5.88. The van der Waals surface area contributed by atoms with Crippen LogP contribution in [0.15, 0.2) is 35.3 Å². The lowest BCUT2D eigenvalue weighted by Gasteiger charge is -2.18. The Kier molecular flexibility index (Phi) is 8.61. The number of allylic oxidation sites excluding steroid dienone is 2. The van der Waals surface area contributed by atoms with Crippen LogP contribution in [0.2, 0.25) is 0 Å². The number of hydrogen-bond donors (Lipinski definition) is 2. The molecule has 1 heterocycles. The van der Waals surface area contributed by atoms with Gasteiger partial charge in [-0.1, -0.05) is 12.2 Å². The number of halogens is 1. The summed E-state index contributed by atoms with van der Waals surface area (Å²) in [5.74, 6) is 2.43. The highest BCUT2D eigenvalue weighted by Gasteiger charge is 2.58. The predicted molar refractivity (Wildman–Crippen MR) is 137 cm³/mol. The van der Waals surface area contributed by atoms with Crippen molar-refractivity contribution < 1.29 is 19.1 Å². The van der Waals surface area contributed by atoms with Gasteiger partial charge < -0.3 is 20.1 Å². The number of nitrogens with one attached hydrogen (secondary N) is 2. The van der Waals surface area contributed by atoms with Gasteiger partial charge in [0.2, 0.25) is 11.8 Å². The number of guanidine groups is 1. The van der Waals surface area contributed by atoms with E-state index in [1.54, 1.807) is 14.2 Å². The fraction of sp³-hybridized carbons (Fsp3) is 0.542. The van der Waals surface area contributed by atoms with E-state index in [2.05, 4.69) is 27.8 Å². The molecule has 2 fully saturated rings. The molecule has 0 aromatic heterocycles. The Morgan fingerprint density at radius 2 is 1.79 bits per heavy atom. The Labute approximate surface area is 212 Å². The summed E-state index contributed by atoms with van der Waals surface area (Å²) in [5, 5.41) is 6.47. The number of carbonyl (C=O) groups excluding carboxylic acids is 2. The van der Waals surface area contributed by atoms with Gasteiger partial charge in [-0.25, -0.2) is 0 Å². The Hall–Kier alpha value is -2.30. The monoisotopic (exact) mass is 568 g/mol.